The van der Waals surface area contributed by atoms with Crippen LogP contribution in [0.1, 0.15) is 22.9 Å². The first-order valence-corrected chi connectivity index (χ1v) is 7.39. The van der Waals surface area contributed by atoms with Crippen LogP contribution in [0.5, 0.6) is 0 Å². The van der Waals surface area contributed by atoms with E-state index in [9.17, 15) is 13.9 Å². The largest absolute Gasteiger partial charge is 0.380 e. The summed E-state index contributed by atoms with van der Waals surface area (Å²) >= 11 is 1.34. The SMILES string of the molecule is Cc1ccc(F)c(C(C)(O)c2cc3ccccc3s2)c1F. The molecule has 1 heterocycles. The van der Waals surface area contributed by atoms with Gasteiger partial charge in [-0.1, -0.05) is 24.3 Å². The van der Waals surface area contributed by atoms with Crippen molar-refractivity contribution < 1.29 is 13.9 Å². The van der Waals surface area contributed by atoms with E-state index in [0.717, 1.165) is 10.1 Å². The van der Waals surface area contributed by atoms with Crippen LogP contribution in [0.3, 0.4) is 0 Å². The lowest BCUT2D eigenvalue weighted by molar-refractivity contribution is 0.0972. The third-order valence-electron chi connectivity index (χ3n) is 3.68. The Morgan fingerprint density at radius 1 is 1.10 bits per heavy atom. The third kappa shape index (κ3) is 2.24. The van der Waals surface area contributed by atoms with Crippen LogP contribution in [0.4, 0.5) is 8.78 Å². The number of halogens is 2. The van der Waals surface area contributed by atoms with Gasteiger partial charge in [-0.3, -0.25) is 0 Å². The van der Waals surface area contributed by atoms with Crippen LogP contribution in [0, 0.1) is 18.6 Å². The van der Waals surface area contributed by atoms with Gasteiger partial charge in [0.2, 0.25) is 0 Å². The van der Waals surface area contributed by atoms with E-state index in [-0.39, 0.29) is 5.56 Å². The lowest BCUT2D eigenvalue weighted by Gasteiger charge is -2.24. The normalized spacial score (nSPS) is 14.3. The minimum atomic E-state index is -1.70. The molecule has 1 unspecified atom stereocenters. The summed E-state index contributed by atoms with van der Waals surface area (Å²) in [6, 6.07) is 12.0. The highest BCUT2D eigenvalue weighted by molar-refractivity contribution is 7.19. The molecule has 1 aromatic heterocycles. The summed E-state index contributed by atoms with van der Waals surface area (Å²) < 4.78 is 29.3. The van der Waals surface area contributed by atoms with Crippen LogP contribution in [0.2, 0.25) is 0 Å². The second-order valence-corrected chi connectivity index (χ2v) is 6.36. The molecule has 0 aliphatic rings. The predicted octanol–water partition coefficient (Wildman–Crippen LogP) is 4.74. The number of thiophene rings is 1. The molecule has 21 heavy (non-hydrogen) atoms. The van der Waals surface area contributed by atoms with Crippen molar-refractivity contribution in [3.63, 3.8) is 0 Å². The van der Waals surface area contributed by atoms with Gasteiger partial charge in [-0.15, -0.1) is 11.3 Å². The van der Waals surface area contributed by atoms with Crippen molar-refractivity contribution >= 4 is 21.4 Å². The minimum absolute atomic E-state index is 0.297. The highest BCUT2D eigenvalue weighted by Gasteiger charge is 2.34. The molecule has 3 rings (SSSR count). The van der Waals surface area contributed by atoms with Crippen LogP contribution < -0.4 is 0 Å². The van der Waals surface area contributed by atoms with Crippen molar-refractivity contribution in [2.24, 2.45) is 0 Å². The standard InChI is InChI=1S/C17H14F2OS/c1-10-7-8-12(18)15(16(10)19)17(2,20)14-9-11-5-3-4-6-13(11)21-14/h3-9,20H,1-2H3. The first-order chi connectivity index (χ1) is 9.91. The molecule has 0 aliphatic carbocycles. The van der Waals surface area contributed by atoms with E-state index in [1.807, 2.05) is 24.3 Å². The highest BCUT2D eigenvalue weighted by Crippen LogP contribution is 2.39. The van der Waals surface area contributed by atoms with Gasteiger partial charge in [-0.2, -0.15) is 0 Å². The Labute approximate surface area is 125 Å². The second kappa shape index (κ2) is 4.90. The maximum atomic E-state index is 14.3. The van der Waals surface area contributed by atoms with Gasteiger partial charge >= 0.3 is 0 Å². The van der Waals surface area contributed by atoms with Crippen molar-refractivity contribution in [2.75, 3.05) is 0 Å². The van der Waals surface area contributed by atoms with Gasteiger partial charge in [-0.25, -0.2) is 8.78 Å². The fraction of sp³-hybridized carbons (Fsp3) is 0.176. The molecular weight excluding hydrogens is 290 g/mol. The number of aliphatic hydroxyl groups is 1. The van der Waals surface area contributed by atoms with E-state index < -0.39 is 17.2 Å². The lowest BCUT2D eigenvalue weighted by Crippen LogP contribution is -2.25. The summed E-state index contributed by atoms with van der Waals surface area (Å²) in [5.41, 5.74) is -1.69. The summed E-state index contributed by atoms with van der Waals surface area (Å²) in [4.78, 5) is 0.520. The van der Waals surface area contributed by atoms with Gasteiger partial charge in [0.1, 0.15) is 17.2 Å². The summed E-state index contributed by atoms with van der Waals surface area (Å²) in [5.74, 6) is -1.43. The number of hydrogen-bond acceptors (Lipinski definition) is 2. The van der Waals surface area contributed by atoms with E-state index in [1.54, 1.807) is 13.0 Å². The third-order valence-corrected chi connectivity index (χ3v) is 5.00. The first-order valence-electron chi connectivity index (χ1n) is 6.58. The predicted molar refractivity (Wildman–Crippen MR) is 81.6 cm³/mol. The van der Waals surface area contributed by atoms with Gasteiger partial charge < -0.3 is 5.11 Å². The number of aryl methyl sites for hydroxylation is 1. The molecule has 1 atom stereocenters. The summed E-state index contributed by atoms with van der Waals surface area (Å²) in [5, 5.41) is 11.7. The van der Waals surface area contributed by atoms with Gasteiger partial charge in [0, 0.05) is 9.58 Å². The Hall–Kier alpha value is -1.78. The molecule has 0 amide bonds. The fourth-order valence-corrected chi connectivity index (χ4v) is 3.56. The maximum Gasteiger partial charge on any atom is 0.135 e. The Morgan fingerprint density at radius 2 is 1.81 bits per heavy atom. The zero-order valence-electron chi connectivity index (χ0n) is 11.7. The van der Waals surface area contributed by atoms with Crippen molar-refractivity contribution in [3.05, 3.63) is 70.1 Å². The molecule has 0 saturated heterocycles. The molecule has 0 bridgehead atoms. The molecule has 0 saturated carbocycles. The second-order valence-electron chi connectivity index (χ2n) is 5.27. The number of fused-ring (bicyclic) bond motifs is 1. The molecule has 3 aromatic rings. The molecule has 4 heteroatoms. The molecule has 1 N–H and O–H groups in total. The monoisotopic (exact) mass is 304 g/mol. The van der Waals surface area contributed by atoms with Crippen molar-refractivity contribution in [2.45, 2.75) is 19.4 Å². The zero-order valence-corrected chi connectivity index (χ0v) is 12.5. The Morgan fingerprint density at radius 3 is 2.52 bits per heavy atom. The van der Waals surface area contributed by atoms with Crippen LogP contribution in [0.15, 0.2) is 42.5 Å². The van der Waals surface area contributed by atoms with E-state index in [4.69, 9.17) is 0 Å². The van der Waals surface area contributed by atoms with E-state index >= 15 is 0 Å². The smallest absolute Gasteiger partial charge is 0.135 e. The lowest BCUT2D eigenvalue weighted by atomic mass is 9.91. The Bertz CT molecular complexity index is 788. The Balaban J connectivity index is 2.22. The molecule has 0 fully saturated rings. The first kappa shape index (κ1) is 14.2. The molecule has 0 aliphatic heterocycles. The van der Waals surface area contributed by atoms with Crippen LogP contribution in [0.25, 0.3) is 10.1 Å². The summed E-state index contributed by atoms with van der Waals surface area (Å²) in [6.45, 7) is 2.98. The minimum Gasteiger partial charge on any atom is -0.380 e. The van der Waals surface area contributed by atoms with Crippen LogP contribution >= 0.6 is 11.3 Å². The molecule has 0 spiro atoms. The zero-order chi connectivity index (χ0) is 15.2. The summed E-state index contributed by atoms with van der Waals surface area (Å²) in [6.07, 6.45) is 0. The number of hydrogen-bond donors (Lipinski definition) is 1. The molecule has 0 radical (unpaired) electrons. The van der Waals surface area contributed by atoms with Crippen LogP contribution in [-0.4, -0.2) is 5.11 Å². The van der Waals surface area contributed by atoms with Crippen molar-refractivity contribution in [3.8, 4) is 0 Å². The quantitative estimate of drug-likeness (QED) is 0.725. The maximum absolute atomic E-state index is 14.3. The molecular formula is C17H14F2OS. The van der Waals surface area contributed by atoms with Gasteiger partial charge in [0.25, 0.3) is 0 Å². The van der Waals surface area contributed by atoms with E-state index in [1.165, 1.54) is 30.4 Å². The average Bonchev–Trinajstić information content (AvgIpc) is 2.88. The topological polar surface area (TPSA) is 20.2 Å². The molecule has 2 aromatic carbocycles. The van der Waals surface area contributed by atoms with Crippen LogP contribution in [-0.2, 0) is 5.60 Å². The fourth-order valence-electron chi connectivity index (χ4n) is 2.45. The summed E-state index contributed by atoms with van der Waals surface area (Å²) in [7, 11) is 0. The highest BCUT2D eigenvalue weighted by atomic mass is 32.1. The van der Waals surface area contributed by atoms with E-state index in [2.05, 4.69) is 0 Å². The van der Waals surface area contributed by atoms with Gasteiger partial charge in [0.15, 0.2) is 0 Å². The average molecular weight is 304 g/mol. The van der Waals surface area contributed by atoms with Gasteiger partial charge in [-0.05, 0) is 43.0 Å². The molecule has 108 valence electrons. The van der Waals surface area contributed by atoms with E-state index in [0.29, 0.717) is 10.4 Å². The van der Waals surface area contributed by atoms with Crippen molar-refractivity contribution in [1.29, 1.82) is 0 Å². The number of rotatable bonds is 2. The molecule has 1 nitrogen and oxygen atoms in total. The number of benzene rings is 2. The van der Waals surface area contributed by atoms with Crippen molar-refractivity contribution in [1.82, 2.24) is 0 Å². The van der Waals surface area contributed by atoms with Gasteiger partial charge in [0.05, 0.1) is 5.56 Å². The Kier molecular flexibility index (Phi) is 3.30.